The molecule has 0 spiro atoms. The van der Waals surface area contributed by atoms with E-state index < -0.39 is 0 Å². The van der Waals surface area contributed by atoms with Gasteiger partial charge in [-0.1, -0.05) is 0 Å². The average Bonchev–Trinajstić information content (AvgIpc) is 2.48. The van der Waals surface area contributed by atoms with E-state index in [2.05, 4.69) is 50.1 Å². The Labute approximate surface area is 93.8 Å². The van der Waals surface area contributed by atoms with Crippen LogP contribution in [0.1, 0.15) is 6.42 Å². The molecule has 11 heavy (non-hydrogen) atoms. The first-order valence-electron chi connectivity index (χ1n) is 2.30. The number of halogens is 1. The van der Waals surface area contributed by atoms with Gasteiger partial charge in [-0.15, -0.1) is 0 Å². The van der Waals surface area contributed by atoms with E-state index in [4.69, 9.17) is 9.59 Å². The van der Waals surface area contributed by atoms with Gasteiger partial charge in [-0.05, 0) is 0 Å². The Kier molecular flexibility index (Phi) is 26.2. The number of carbonyl (C=O) groups excluding carboxylic acids is 2. The summed E-state index contributed by atoms with van der Waals surface area (Å²) < 4.78 is 1.40. The van der Waals surface area contributed by atoms with Crippen molar-refractivity contribution in [1.82, 2.24) is 0 Å². The normalized spacial score (nSPS) is 10.8. The fraction of sp³-hybridized carbons (Fsp3) is 0.143. The van der Waals surface area contributed by atoms with Crippen LogP contribution in [0.25, 0.3) is 0 Å². The summed E-state index contributed by atoms with van der Waals surface area (Å²) in [5, 5.41) is 0. The van der Waals surface area contributed by atoms with E-state index in [1.165, 1.54) is 4.17 Å². The maximum atomic E-state index is 7.50. The van der Waals surface area contributed by atoms with Gasteiger partial charge < -0.3 is 24.0 Å². The van der Waals surface area contributed by atoms with Gasteiger partial charge in [0.2, 0.25) is 0 Å². The standard InChI is InChI=1S/C5H5.2CO.HI.Ru/c1-2-4-5-3-1;2*1-2;;/h1-3H,4H2;;;1H;/q;;;;+1/p-1. The predicted octanol–water partition coefficient (Wildman–Crippen LogP) is -2.41. The summed E-state index contributed by atoms with van der Waals surface area (Å²) in [5.74, 6) is 0. The molecule has 0 saturated carbocycles. The molecule has 0 aromatic heterocycles. The zero-order valence-electron chi connectivity index (χ0n) is 5.49. The first kappa shape index (κ1) is 17.3. The Hall–Kier alpha value is 0.173. The minimum atomic E-state index is 0. The molecule has 0 aliphatic heterocycles. The third kappa shape index (κ3) is 13.2. The van der Waals surface area contributed by atoms with Gasteiger partial charge in [0.25, 0.3) is 13.6 Å². The zero-order chi connectivity index (χ0) is 8.41. The van der Waals surface area contributed by atoms with E-state index in [-0.39, 0.29) is 24.0 Å². The molecule has 4 heteroatoms. The van der Waals surface area contributed by atoms with Gasteiger partial charge in [0.05, 0.1) is 0 Å². The number of hydrogen-bond acceptors (Lipinski definition) is 2. The van der Waals surface area contributed by atoms with Crippen LogP contribution in [0.4, 0.5) is 0 Å². The summed E-state index contributed by atoms with van der Waals surface area (Å²) in [5.41, 5.74) is 0. The third-order valence-electron chi connectivity index (χ3n) is 0.717. The molecular formula is C7H5IO2Ru. The van der Waals surface area contributed by atoms with Crippen molar-refractivity contribution in [3.05, 3.63) is 22.4 Å². The van der Waals surface area contributed by atoms with Gasteiger partial charge in [-0.2, -0.15) is 0 Å². The van der Waals surface area contributed by atoms with E-state index in [9.17, 15) is 0 Å². The van der Waals surface area contributed by atoms with Gasteiger partial charge in [0.15, 0.2) is 0 Å². The van der Waals surface area contributed by atoms with E-state index in [1.807, 2.05) is 0 Å². The van der Waals surface area contributed by atoms with Crippen LogP contribution in [-0.4, -0.2) is 13.6 Å². The molecule has 60 valence electrons. The van der Waals surface area contributed by atoms with Crippen molar-refractivity contribution in [3.8, 4) is 0 Å². The van der Waals surface area contributed by atoms with Gasteiger partial charge >= 0.3 is 47.1 Å². The van der Waals surface area contributed by atoms with Gasteiger partial charge in [0.1, 0.15) is 0 Å². The fourth-order valence-corrected chi connectivity index (χ4v) is 0.788. The molecule has 0 amide bonds. The molecule has 0 aromatic rings. The Balaban J connectivity index is -0.000000114. The van der Waals surface area contributed by atoms with Crippen molar-refractivity contribution in [2.45, 2.75) is 6.42 Å². The molecule has 0 N–H and O–H groups in total. The predicted molar refractivity (Wildman–Crippen MR) is 33.2 cm³/mol. The number of rotatable bonds is 0. The summed E-state index contributed by atoms with van der Waals surface area (Å²) in [7, 11) is 0. The molecule has 2 nitrogen and oxygen atoms in total. The zero-order valence-corrected chi connectivity index (χ0v) is 9.38. The van der Waals surface area contributed by atoms with Crippen LogP contribution in [0.15, 0.2) is 22.4 Å². The van der Waals surface area contributed by atoms with Crippen LogP contribution in [0.3, 0.4) is 0 Å². The molecule has 0 saturated heterocycles. The van der Waals surface area contributed by atoms with Crippen LogP contribution < -0.4 is 24.0 Å². The van der Waals surface area contributed by atoms with E-state index in [0.717, 1.165) is 6.42 Å². The minimum absolute atomic E-state index is 0. The second-order valence-corrected chi connectivity index (χ2v) is 2.35. The number of allylic oxidation sites excluding steroid dienone is 4. The Morgan fingerprint density at radius 1 is 1.27 bits per heavy atom. The van der Waals surface area contributed by atoms with Crippen molar-refractivity contribution in [3.63, 3.8) is 0 Å². The van der Waals surface area contributed by atoms with Crippen LogP contribution >= 0.6 is 0 Å². The molecule has 1 rings (SSSR count). The molecule has 0 atom stereocenters. The second kappa shape index (κ2) is 16.6. The van der Waals surface area contributed by atoms with E-state index in [0.29, 0.717) is 0 Å². The van der Waals surface area contributed by atoms with Crippen LogP contribution in [0, 0.1) is 0 Å². The van der Waals surface area contributed by atoms with Crippen molar-refractivity contribution in [2.75, 3.05) is 0 Å². The molecular weight excluding hydrogens is 344 g/mol. The summed E-state index contributed by atoms with van der Waals surface area (Å²) >= 11 is 2.59. The van der Waals surface area contributed by atoms with Gasteiger partial charge in [-0.3, -0.25) is 9.59 Å². The first-order chi connectivity index (χ1) is 4.89. The topological polar surface area (TPSA) is 34.1 Å². The summed E-state index contributed by atoms with van der Waals surface area (Å²) in [6.07, 6.45) is 7.46. The molecule has 1 aliphatic rings. The quantitative estimate of drug-likeness (QED) is 0.361. The van der Waals surface area contributed by atoms with Crippen molar-refractivity contribution < 1.29 is 51.9 Å². The SMILES string of the molecule is [C]=O.[C]=O.[I-].[Ru+][C]1=CC=CC1. The van der Waals surface area contributed by atoms with Crippen LogP contribution in [0.5, 0.6) is 0 Å². The molecule has 1 aliphatic carbocycles. The van der Waals surface area contributed by atoms with Gasteiger partial charge in [-0.25, -0.2) is 0 Å². The molecule has 0 fully saturated rings. The van der Waals surface area contributed by atoms with E-state index in [1.54, 1.807) is 0 Å². The number of hydrogen-bond donors (Lipinski definition) is 0. The van der Waals surface area contributed by atoms with Gasteiger partial charge in [0, 0.05) is 0 Å². The average molecular weight is 349 g/mol. The van der Waals surface area contributed by atoms with Crippen molar-refractivity contribution in [2.24, 2.45) is 0 Å². The molecule has 0 unspecified atom stereocenters. The monoisotopic (exact) mass is 350 g/mol. The Morgan fingerprint density at radius 2 is 1.73 bits per heavy atom. The Bertz CT molecular complexity index is 132. The molecule has 0 bridgehead atoms. The van der Waals surface area contributed by atoms with E-state index >= 15 is 0 Å². The Morgan fingerprint density at radius 3 is 1.82 bits per heavy atom. The maximum absolute atomic E-state index is 7.50. The summed E-state index contributed by atoms with van der Waals surface area (Å²) in [6, 6.07) is 0. The van der Waals surface area contributed by atoms with Crippen molar-refractivity contribution >= 4 is 13.6 Å². The molecule has 4 radical (unpaired) electrons. The molecule has 0 heterocycles. The second-order valence-electron chi connectivity index (χ2n) is 1.23. The first-order valence-corrected chi connectivity index (χ1v) is 3.17. The van der Waals surface area contributed by atoms with Crippen LogP contribution in [0.2, 0.25) is 0 Å². The van der Waals surface area contributed by atoms with Crippen LogP contribution in [-0.2, 0) is 27.9 Å². The third-order valence-corrected chi connectivity index (χ3v) is 1.36. The van der Waals surface area contributed by atoms with Crippen molar-refractivity contribution in [1.29, 1.82) is 0 Å². The summed E-state index contributed by atoms with van der Waals surface area (Å²) in [4.78, 5) is 15.0. The molecule has 0 aromatic carbocycles. The summed E-state index contributed by atoms with van der Waals surface area (Å²) in [6.45, 7) is 9.00. The fourth-order valence-electron chi connectivity index (χ4n) is 0.416.